The average molecular weight is 368 g/mol. The number of allylic oxidation sites excluding steroid dienone is 4. The van der Waals surface area contributed by atoms with E-state index in [0.717, 1.165) is 18.4 Å². The maximum atomic E-state index is 12.7. The van der Waals surface area contributed by atoms with Gasteiger partial charge in [0.1, 0.15) is 0 Å². The highest BCUT2D eigenvalue weighted by Gasteiger charge is 2.42. The van der Waals surface area contributed by atoms with Gasteiger partial charge in [-0.25, -0.2) is 0 Å². The lowest BCUT2D eigenvalue weighted by Crippen LogP contribution is -2.28. The number of benzene rings is 1. The molecule has 1 aromatic carbocycles. The van der Waals surface area contributed by atoms with E-state index in [-0.39, 0.29) is 6.42 Å². The second-order valence-corrected chi connectivity index (χ2v) is 7.26. The van der Waals surface area contributed by atoms with E-state index in [1.54, 1.807) is 12.1 Å². The summed E-state index contributed by atoms with van der Waals surface area (Å²) in [5, 5.41) is 0. The topological polar surface area (TPSA) is 60.4 Å². The molecule has 0 fully saturated rings. The smallest absolute Gasteiger partial charge is 0.306 e. The third-order valence-electron chi connectivity index (χ3n) is 4.60. The van der Waals surface area contributed by atoms with E-state index in [9.17, 15) is 14.4 Å². The Kier molecular flexibility index (Phi) is 7.28. The number of hydrogen-bond acceptors (Lipinski definition) is 4. The lowest BCUT2D eigenvalue weighted by Gasteiger charge is -2.09. The number of ketones is 2. The number of fused-ring (bicyclic) bond motifs is 1. The van der Waals surface area contributed by atoms with Gasteiger partial charge in [0.05, 0.1) is 0 Å². The quantitative estimate of drug-likeness (QED) is 0.367. The zero-order valence-corrected chi connectivity index (χ0v) is 16.6. The fourth-order valence-electron chi connectivity index (χ4n) is 3.13. The monoisotopic (exact) mass is 368 g/mol. The molecule has 0 heterocycles. The summed E-state index contributed by atoms with van der Waals surface area (Å²) in [4.78, 5) is 37.0. The molecule has 144 valence electrons. The minimum absolute atomic E-state index is 0.202. The van der Waals surface area contributed by atoms with Crippen LogP contribution in [0.2, 0.25) is 0 Å². The molecule has 1 unspecified atom stereocenters. The van der Waals surface area contributed by atoms with Crippen LogP contribution in [0.5, 0.6) is 0 Å². The maximum Gasteiger partial charge on any atom is 0.306 e. The van der Waals surface area contributed by atoms with Crippen molar-refractivity contribution < 1.29 is 19.1 Å². The molecule has 0 saturated heterocycles. The van der Waals surface area contributed by atoms with Crippen LogP contribution in [0, 0.1) is 0 Å². The molecule has 4 nitrogen and oxygen atoms in total. The first-order valence-corrected chi connectivity index (χ1v) is 9.54. The number of rotatable bonds is 8. The third kappa shape index (κ3) is 5.25. The fourth-order valence-corrected chi connectivity index (χ4v) is 3.13. The van der Waals surface area contributed by atoms with Crippen molar-refractivity contribution in [1.82, 2.24) is 0 Å². The van der Waals surface area contributed by atoms with Gasteiger partial charge < -0.3 is 4.74 Å². The third-order valence-corrected chi connectivity index (χ3v) is 4.60. The zero-order chi connectivity index (χ0) is 20.0. The van der Waals surface area contributed by atoms with E-state index in [1.165, 1.54) is 11.1 Å². The van der Waals surface area contributed by atoms with Crippen LogP contribution in [0.1, 0.15) is 79.7 Å². The average Bonchev–Trinajstić information content (AvgIpc) is 2.85. The minimum atomic E-state index is -1.32. The van der Waals surface area contributed by atoms with Gasteiger partial charge in [-0.2, -0.15) is 0 Å². The molecule has 0 bridgehead atoms. The highest BCUT2D eigenvalue weighted by molar-refractivity contribution is 6.29. The molecule has 1 atom stereocenters. The number of ether oxygens (including phenoxy) is 1. The molecule has 27 heavy (non-hydrogen) atoms. The number of carbonyl (C=O) groups excluding carboxylic acids is 3. The van der Waals surface area contributed by atoms with Crippen molar-refractivity contribution in [3.8, 4) is 0 Å². The Hall–Kier alpha value is -2.49. The largest absolute Gasteiger partial charge is 0.445 e. The van der Waals surface area contributed by atoms with Crippen LogP contribution in [0.4, 0.5) is 0 Å². The summed E-state index contributed by atoms with van der Waals surface area (Å²) >= 11 is 0. The van der Waals surface area contributed by atoms with Gasteiger partial charge in [-0.1, -0.05) is 48.4 Å². The van der Waals surface area contributed by atoms with Crippen molar-refractivity contribution in [3.05, 3.63) is 58.2 Å². The highest BCUT2D eigenvalue weighted by atomic mass is 16.5. The van der Waals surface area contributed by atoms with E-state index >= 15 is 0 Å². The van der Waals surface area contributed by atoms with Crippen LogP contribution in [0.3, 0.4) is 0 Å². The number of Topliss-reactive ketones (excluding diaryl/α,β-unsaturated/α-hetero) is 2. The molecule has 0 aliphatic heterocycles. The van der Waals surface area contributed by atoms with Crippen LogP contribution >= 0.6 is 0 Å². The molecule has 1 aliphatic rings. The Morgan fingerprint density at radius 1 is 1.07 bits per heavy atom. The summed E-state index contributed by atoms with van der Waals surface area (Å²) in [6.07, 6.45) is 6.34. The lowest BCUT2D eigenvalue weighted by molar-refractivity contribution is -0.145. The molecule has 0 N–H and O–H groups in total. The summed E-state index contributed by atoms with van der Waals surface area (Å²) in [5.41, 5.74) is 4.12. The molecule has 0 saturated carbocycles. The molecular weight excluding hydrogens is 340 g/mol. The van der Waals surface area contributed by atoms with Crippen LogP contribution in [0.25, 0.3) is 0 Å². The number of carbonyl (C=O) groups is 3. The van der Waals surface area contributed by atoms with Crippen molar-refractivity contribution in [3.63, 3.8) is 0 Å². The summed E-state index contributed by atoms with van der Waals surface area (Å²) in [6.45, 7) is 8.08. The standard InChI is InChI=1S/C23H28O4/c1-5-8-19(24)27-23-21(25)18-12-7-11-17(20(18)22(23)26)14-13-16(4)10-6-9-15(2)3/h7,9,11-13,23H,5-6,8,10,14H2,1-4H3/b16-13+. The predicted molar refractivity (Wildman–Crippen MR) is 106 cm³/mol. The Morgan fingerprint density at radius 2 is 1.81 bits per heavy atom. The van der Waals surface area contributed by atoms with Crippen molar-refractivity contribution in [2.24, 2.45) is 0 Å². The van der Waals surface area contributed by atoms with Gasteiger partial charge in [-0.15, -0.1) is 0 Å². The van der Waals surface area contributed by atoms with E-state index in [0.29, 0.717) is 24.0 Å². The van der Waals surface area contributed by atoms with Crippen LogP contribution in [-0.4, -0.2) is 23.6 Å². The van der Waals surface area contributed by atoms with Crippen molar-refractivity contribution in [1.29, 1.82) is 0 Å². The molecule has 1 aromatic rings. The van der Waals surface area contributed by atoms with E-state index in [4.69, 9.17) is 4.74 Å². The van der Waals surface area contributed by atoms with Gasteiger partial charge in [0.25, 0.3) is 0 Å². The number of esters is 1. The van der Waals surface area contributed by atoms with Crippen molar-refractivity contribution in [2.45, 2.75) is 65.9 Å². The van der Waals surface area contributed by atoms with Crippen LogP contribution in [0.15, 0.2) is 41.5 Å². The van der Waals surface area contributed by atoms with E-state index in [2.05, 4.69) is 32.9 Å². The lowest BCUT2D eigenvalue weighted by atomic mass is 9.98. The zero-order valence-electron chi connectivity index (χ0n) is 16.6. The first-order chi connectivity index (χ1) is 12.8. The number of hydrogen-bond donors (Lipinski definition) is 0. The first-order valence-electron chi connectivity index (χ1n) is 9.54. The molecule has 1 aliphatic carbocycles. The van der Waals surface area contributed by atoms with Crippen LogP contribution < -0.4 is 0 Å². The SMILES string of the molecule is CCCC(=O)OC1C(=O)c2cccc(C/C=C(\C)CCC=C(C)C)c2C1=O. The Balaban J connectivity index is 2.16. The highest BCUT2D eigenvalue weighted by Crippen LogP contribution is 2.28. The summed E-state index contributed by atoms with van der Waals surface area (Å²) in [5.74, 6) is -1.32. The van der Waals surface area contributed by atoms with E-state index < -0.39 is 23.6 Å². The minimum Gasteiger partial charge on any atom is -0.445 e. The van der Waals surface area contributed by atoms with Gasteiger partial charge in [0.2, 0.25) is 17.7 Å². The Bertz CT molecular complexity index is 795. The molecule has 0 aromatic heterocycles. The van der Waals surface area contributed by atoms with Crippen molar-refractivity contribution in [2.75, 3.05) is 0 Å². The Morgan fingerprint density at radius 3 is 2.48 bits per heavy atom. The molecule has 0 radical (unpaired) electrons. The normalized spacial score (nSPS) is 16.3. The second kappa shape index (κ2) is 9.45. The van der Waals surface area contributed by atoms with Gasteiger partial charge >= 0.3 is 5.97 Å². The van der Waals surface area contributed by atoms with E-state index in [1.807, 2.05) is 13.0 Å². The molecule has 0 amide bonds. The van der Waals surface area contributed by atoms with Gasteiger partial charge in [0.15, 0.2) is 0 Å². The molecule has 4 heteroatoms. The predicted octanol–water partition coefficient (Wildman–Crippen LogP) is 5.01. The maximum absolute atomic E-state index is 12.7. The van der Waals surface area contributed by atoms with Gasteiger partial charge in [-0.05, 0) is 52.0 Å². The molecule has 2 rings (SSSR count). The summed E-state index contributed by atoms with van der Waals surface area (Å²) < 4.78 is 5.15. The summed E-state index contributed by atoms with van der Waals surface area (Å²) in [7, 11) is 0. The second-order valence-electron chi connectivity index (χ2n) is 7.26. The van der Waals surface area contributed by atoms with Gasteiger partial charge in [0, 0.05) is 17.5 Å². The van der Waals surface area contributed by atoms with Crippen molar-refractivity contribution >= 4 is 17.5 Å². The molecule has 0 spiro atoms. The fraction of sp³-hybridized carbons (Fsp3) is 0.435. The van der Waals surface area contributed by atoms with Gasteiger partial charge in [-0.3, -0.25) is 14.4 Å². The molecular formula is C23H28O4. The first kappa shape index (κ1) is 20.8. The Labute approximate surface area is 161 Å². The van der Waals surface area contributed by atoms with Crippen LogP contribution in [-0.2, 0) is 16.0 Å². The summed E-state index contributed by atoms with van der Waals surface area (Å²) in [6, 6.07) is 5.28.